The van der Waals surface area contributed by atoms with Gasteiger partial charge in [-0.15, -0.1) is 12.4 Å². The molecule has 0 spiro atoms. The first-order valence-corrected chi connectivity index (χ1v) is 6.73. The Hall–Kier alpha value is -0.810. The molecule has 0 aromatic carbocycles. The van der Waals surface area contributed by atoms with Crippen LogP contribution in [0.15, 0.2) is 0 Å². The smallest absolute Gasteiger partial charge is 0.225 e. The molecule has 2 N–H and O–H groups in total. The highest BCUT2D eigenvalue weighted by molar-refractivity contribution is 5.89. The maximum atomic E-state index is 12.0. The molecule has 2 rings (SSSR count). The molecule has 1 unspecified atom stereocenters. The average Bonchev–Trinajstić information content (AvgIpc) is 2.68. The van der Waals surface area contributed by atoms with Crippen molar-refractivity contribution in [3.8, 4) is 0 Å². The number of likely N-dealkylation sites (tertiary alicyclic amines) is 1. The maximum Gasteiger partial charge on any atom is 0.225 e. The van der Waals surface area contributed by atoms with E-state index in [1.54, 1.807) is 11.9 Å². The lowest BCUT2D eigenvalue weighted by Gasteiger charge is -2.34. The number of piperidine rings is 1. The van der Waals surface area contributed by atoms with Crippen molar-refractivity contribution >= 4 is 24.2 Å². The summed E-state index contributed by atoms with van der Waals surface area (Å²) >= 11 is 0. The van der Waals surface area contributed by atoms with Crippen molar-refractivity contribution in [2.24, 2.45) is 11.3 Å². The number of carbonyl (C=O) groups is 2. The highest BCUT2D eigenvalue weighted by atomic mass is 35.5. The molecule has 19 heavy (non-hydrogen) atoms. The standard InChI is InChI=1S/C13H23N3O2.ClH/c1-13(3-5-14-6-4-13)9-15-12(18)10-7-11(17)16(2)8-10;/h10,14H,3-9H2,1-2H3,(H,15,18);1H. The highest BCUT2D eigenvalue weighted by Gasteiger charge is 2.33. The zero-order valence-electron chi connectivity index (χ0n) is 11.7. The predicted molar refractivity (Wildman–Crippen MR) is 76.2 cm³/mol. The van der Waals surface area contributed by atoms with Crippen molar-refractivity contribution in [2.45, 2.75) is 26.2 Å². The Morgan fingerprint density at radius 2 is 2.11 bits per heavy atom. The van der Waals surface area contributed by atoms with Gasteiger partial charge in [0, 0.05) is 26.6 Å². The van der Waals surface area contributed by atoms with E-state index in [1.807, 2.05) is 0 Å². The fraction of sp³-hybridized carbons (Fsp3) is 0.846. The maximum absolute atomic E-state index is 12.0. The summed E-state index contributed by atoms with van der Waals surface area (Å²) in [7, 11) is 1.75. The highest BCUT2D eigenvalue weighted by Crippen LogP contribution is 2.27. The molecule has 0 saturated carbocycles. The van der Waals surface area contributed by atoms with Crippen LogP contribution in [0.4, 0.5) is 0 Å². The summed E-state index contributed by atoms with van der Waals surface area (Å²) in [5.74, 6) is -0.0523. The molecule has 1 atom stereocenters. The van der Waals surface area contributed by atoms with Crippen LogP contribution in [-0.4, -0.2) is 49.9 Å². The van der Waals surface area contributed by atoms with Gasteiger partial charge in [-0.1, -0.05) is 6.92 Å². The Balaban J connectivity index is 0.00000180. The van der Waals surface area contributed by atoms with Crippen LogP contribution in [0.5, 0.6) is 0 Å². The number of nitrogens with zero attached hydrogens (tertiary/aromatic N) is 1. The van der Waals surface area contributed by atoms with E-state index in [1.165, 1.54) is 0 Å². The molecule has 2 amide bonds. The predicted octanol–water partition coefficient (Wildman–Crippen LogP) is 0.392. The SMILES string of the molecule is CN1CC(C(=O)NCC2(C)CCNCC2)CC1=O.Cl. The van der Waals surface area contributed by atoms with Crippen LogP contribution in [0.2, 0.25) is 0 Å². The van der Waals surface area contributed by atoms with Gasteiger partial charge in [0.05, 0.1) is 5.92 Å². The molecule has 5 nitrogen and oxygen atoms in total. The van der Waals surface area contributed by atoms with E-state index in [-0.39, 0.29) is 35.6 Å². The van der Waals surface area contributed by atoms with Gasteiger partial charge < -0.3 is 15.5 Å². The fourth-order valence-electron chi connectivity index (χ4n) is 2.69. The number of halogens is 1. The van der Waals surface area contributed by atoms with Gasteiger partial charge in [-0.2, -0.15) is 0 Å². The van der Waals surface area contributed by atoms with Crippen molar-refractivity contribution in [1.29, 1.82) is 0 Å². The quantitative estimate of drug-likeness (QED) is 0.790. The Morgan fingerprint density at radius 1 is 1.47 bits per heavy atom. The first-order chi connectivity index (χ1) is 8.50. The van der Waals surface area contributed by atoms with Crippen LogP contribution in [0, 0.1) is 11.3 Å². The Kier molecular flexibility index (Phi) is 5.62. The van der Waals surface area contributed by atoms with Crippen molar-refractivity contribution in [3.05, 3.63) is 0 Å². The number of hydrogen-bond acceptors (Lipinski definition) is 3. The van der Waals surface area contributed by atoms with E-state index in [0.717, 1.165) is 32.5 Å². The number of rotatable bonds is 3. The Bertz CT molecular complexity index is 343. The molecule has 2 saturated heterocycles. The summed E-state index contributed by atoms with van der Waals surface area (Å²) in [5.41, 5.74) is 0.204. The summed E-state index contributed by atoms with van der Waals surface area (Å²) in [6, 6.07) is 0. The van der Waals surface area contributed by atoms with Gasteiger partial charge in [-0.3, -0.25) is 9.59 Å². The molecule has 0 aliphatic carbocycles. The van der Waals surface area contributed by atoms with Crippen LogP contribution >= 0.6 is 12.4 Å². The van der Waals surface area contributed by atoms with E-state index in [2.05, 4.69) is 17.6 Å². The monoisotopic (exact) mass is 289 g/mol. The topological polar surface area (TPSA) is 61.4 Å². The molecule has 6 heteroatoms. The molecule has 0 bridgehead atoms. The lowest BCUT2D eigenvalue weighted by molar-refractivity contribution is -0.128. The molecule has 2 aliphatic rings. The lowest BCUT2D eigenvalue weighted by atomic mass is 9.81. The van der Waals surface area contributed by atoms with Gasteiger partial charge >= 0.3 is 0 Å². The minimum Gasteiger partial charge on any atom is -0.355 e. The van der Waals surface area contributed by atoms with Crippen LogP contribution in [0.25, 0.3) is 0 Å². The minimum absolute atomic E-state index is 0. The summed E-state index contributed by atoms with van der Waals surface area (Å²) in [6.07, 6.45) is 2.55. The minimum atomic E-state index is -0.159. The van der Waals surface area contributed by atoms with Crippen molar-refractivity contribution < 1.29 is 9.59 Å². The molecular formula is C13H24ClN3O2. The van der Waals surface area contributed by atoms with Crippen molar-refractivity contribution in [1.82, 2.24) is 15.5 Å². The van der Waals surface area contributed by atoms with Gasteiger partial charge in [-0.25, -0.2) is 0 Å². The summed E-state index contributed by atoms with van der Waals surface area (Å²) in [5, 5.41) is 6.36. The molecule has 0 aromatic rings. The molecule has 2 heterocycles. The number of amides is 2. The molecule has 0 radical (unpaired) electrons. The molecular weight excluding hydrogens is 266 g/mol. The van der Waals surface area contributed by atoms with Gasteiger partial charge in [0.2, 0.25) is 11.8 Å². The molecule has 0 aromatic heterocycles. The second kappa shape index (κ2) is 6.57. The van der Waals surface area contributed by atoms with Crippen molar-refractivity contribution in [3.63, 3.8) is 0 Å². The average molecular weight is 290 g/mol. The van der Waals surface area contributed by atoms with Crippen LogP contribution in [0.3, 0.4) is 0 Å². The second-order valence-electron chi connectivity index (χ2n) is 5.95. The second-order valence-corrected chi connectivity index (χ2v) is 5.95. The Labute approximate surface area is 120 Å². The van der Waals surface area contributed by atoms with Crippen LogP contribution < -0.4 is 10.6 Å². The van der Waals surface area contributed by atoms with Gasteiger partial charge in [-0.05, 0) is 31.3 Å². The lowest BCUT2D eigenvalue weighted by Crippen LogP contribution is -2.44. The van der Waals surface area contributed by atoms with E-state index in [4.69, 9.17) is 0 Å². The van der Waals surface area contributed by atoms with E-state index >= 15 is 0 Å². The van der Waals surface area contributed by atoms with E-state index in [9.17, 15) is 9.59 Å². The molecule has 2 fully saturated rings. The molecule has 2 aliphatic heterocycles. The van der Waals surface area contributed by atoms with E-state index in [0.29, 0.717) is 13.0 Å². The van der Waals surface area contributed by atoms with Gasteiger partial charge in [0.25, 0.3) is 0 Å². The normalized spacial score (nSPS) is 25.9. The fourth-order valence-corrected chi connectivity index (χ4v) is 2.69. The van der Waals surface area contributed by atoms with Crippen LogP contribution in [-0.2, 0) is 9.59 Å². The van der Waals surface area contributed by atoms with E-state index < -0.39 is 0 Å². The molecule has 110 valence electrons. The summed E-state index contributed by atoms with van der Waals surface area (Å²) in [4.78, 5) is 25.0. The largest absolute Gasteiger partial charge is 0.355 e. The zero-order chi connectivity index (χ0) is 13.2. The number of hydrogen-bond donors (Lipinski definition) is 2. The third-order valence-corrected chi connectivity index (χ3v) is 4.21. The summed E-state index contributed by atoms with van der Waals surface area (Å²) in [6.45, 7) is 5.55. The van der Waals surface area contributed by atoms with Gasteiger partial charge in [0.1, 0.15) is 0 Å². The first kappa shape index (κ1) is 16.2. The summed E-state index contributed by atoms with van der Waals surface area (Å²) < 4.78 is 0. The zero-order valence-corrected chi connectivity index (χ0v) is 12.5. The number of nitrogens with one attached hydrogen (secondary N) is 2. The van der Waals surface area contributed by atoms with Crippen molar-refractivity contribution in [2.75, 3.05) is 33.2 Å². The first-order valence-electron chi connectivity index (χ1n) is 6.73. The Morgan fingerprint density at radius 3 is 2.63 bits per heavy atom. The van der Waals surface area contributed by atoms with Gasteiger partial charge in [0.15, 0.2) is 0 Å². The third kappa shape index (κ3) is 4.08. The third-order valence-electron chi connectivity index (χ3n) is 4.21. The number of carbonyl (C=O) groups excluding carboxylic acids is 2. The van der Waals surface area contributed by atoms with Crippen LogP contribution in [0.1, 0.15) is 26.2 Å².